The van der Waals surface area contributed by atoms with Gasteiger partial charge in [-0.1, -0.05) is 32.0 Å². The second-order valence-electron chi connectivity index (χ2n) is 4.83. The average Bonchev–Trinajstić information content (AvgIpc) is 2.13. The Hall–Kier alpha value is -1.02. The van der Waals surface area contributed by atoms with Crippen molar-refractivity contribution in [3.8, 4) is 0 Å². The molecule has 0 bridgehead atoms. The Bertz CT molecular complexity index is 352. The van der Waals surface area contributed by atoms with Gasteiger partial charge in [0.05, 0.1) is 0 Å². The molecule has 0 aromatic heterocycles. The predicted octanol–water partition coefficient (Wildman–Crippen LogP) is 2.27. The molecule has 0 unspecified atom stereocenters. The van der Waals surface area contributed by atoms with Crippen molar-refractivity contribution < 1.29 is 0 Å². The van der Waals surface area contributed by atoms with E-state index in [4.69, 9.17) is 5.73 Å². The van der Waals surface area contributed by atoms with E-state index in [0.717, 1.165) is 13.1 Å². The summed E-state index contributed by atoms with van der Waals surface area (Å²) in [6.45, 7) is 8.69. The Morgan fingerprint density at radius 3 is 2.53 bits per heavy atom. The van der Waals surface area contributed by atoms with Crippen molar-refractivity contribution in [2.45, 2.75) is 32.7 Å². The van der Waals surface area contributed by atoms with Gasteiger partial charge in [-0.05, 0) is 24.0 Å². The van der Waals surface area contributed by atoms with Crippen molar-refractivity contribution in [1.82, 2.24) is 0 Å². The van der Waals surface area contributed by atoms with E-state index in [1.807, 2.05) is 0 Å². The highest BCUT2D eigenvalue weighted by molar-refractivity contribution is 5.62. The molecular formula is C13H20N2. The van der Waals surface area contributed by atoms with Crippen molar-refractivity contribution in [1.29, 1.82) is 0 Å². The van der Waals surface area contributed by atoms with Crippen molar-refractivity contribution in [2.24, 2.45) is 5.73 Å². The first kappa shape index (κ1) is 10.5. The van der Waals surface area contributed by atoms with Gasteiger partial charge in [0.25, 0.3) is 0 Å². The minimum Gasteiger partial charge on any atom is -0.368 e. The van der Waals surface area contributed by atoms with Gasteiger partial charge in [0.15, 0.2) is 0 Å². The summed E-state index contributed by atoms with van der Waals surface area (Å²) in [4.78, 5) is 2.40. The maximum absolute atomic E-state index is 5.84. The van der Waals surface area contributed by atoms with E-state index in [1.54, 1.807) is 0 Å². The number of nitrogens with two attached hydrogens (primary N) is 1. The zero-order valence-corrected chi connectivity index (χ0v) is 9.83. The van der Waals surface area contributed by atoms with E-state index in [-0.39, 0.29) is 0 Å². The number of aryl methyl sites for hydroxylation is 1. The first-order chi connectivity index (χ1) is 7.09. The predicted molar refractivity (Wildman–Crippen MR) is 65.5 cm³/mol. The molecule has 1 fully saturated rings. The fourth-order valence-corrected chi connectivity index (χ4v) is 2.27. The third-order valence-corrected chi connectivity index (χ3v) is 3.12. The molecule has 1 aromatic rings. The summed E-state index contributed by atoms with van der Waals surface area (Å²) in [7, 11) is 0. The number of hydrogen-bond acceptors (Lipinski definition) is 2. The van der Waals surface area contributed by atoms with Crippen LogP contribution in [0, 0.1) is 6.92 Å². The van der Waals surface area contributed by atoms with Crippen molar-refractivity contribution in [3.05, 3.63) is 29.3 Å². The SMILES string of the molecule is Cc1cccc(C(C)C)c1N1CC(N)C1. The van der Waals surface area contributed by atoms with Crippen molar-refractivity contribution in [3.63, 3.8) is 0 Å². The number of rotatable bonds is 2. The van der Waals surface area contributed by atoms with E-state index in [2.05, 4.69) is 43.9 Å². The van der Waals surface area contributed by atoms with Gasteiger partial charge in [-0.25, -0.2) is 0 Å². The maximum Gasteiger partial charge on any atom is 0.0432 e. The third kappa shape index (κ3) is 1.86. The first-order valence-electron chi connectivity index (χ1n) is 5.69. The van der Waals surface area contributed by atoms with Gasteiger partial charge >= 0.3 is 0 Å². The average molecular weight is 204 g/mol. The topological polar surface area (TPSA) is 29.3 Å². The summed E-state index contributed by atoms with van der Waals surface area (Å²) >= 11 is 0. The molecule has 0 radical (unpaired) electrons. The number of para-hydroxylation sites is 1. The molecule has 2 nitrogen and oxygen atoms in total. The van der Waals surface area contributed by atoms with Crippen LogP contribution < -0.4 is 10.6 Å². The zero-order valence-electron chi connectivity index (χ0n) is 9.83. The van der Waals surface area contributed by atoms with Crippen LogP contribution in [0.25, 0.3) is 0 Å². The standard InChI is InChI=1S/C13H20N2/c1-9(2)12-6-4-5-10(3)13(12)15-7-11(14)8-15/h4-6,9,11H,7-8,14H2,1-3H3. The highest BCUT2D eigenvalue weighted by atomic mass is 15.2. The van der Waals surface area contributed by atoms with E-state index >= 15 is 0 Å². The van der Waals surface area contributed by atoms with Gasteiger partial charge < -0.3 is 10.6 Å². The zero-order chi connectivity index (χ0) is 11.0. The summed E-state index contributed by atoms with van der Waals surface area (Å²) in [5.41, 5.74) is 10.1. The lowest BCUT2D eigenvalue weighted by Crippen LogP contribution is -2.56. The first-order valence-corrected chi connectivity index (χ1v) is 5.69. The summed E-state index contributed by atoms with van der Waals surface area (Å²) in [5, 5.41) is 0. The lowest BCUT2D eigenvalue weighted by molar-refractivity contribution is 0.516. The largest absolute Gasteiger partial charge is 0.368 e. The number of anilines is 1. The molecule has 2 N–H and O–H groups in total. The number of benzene rings is 1. The Morgan fingerprint density at radius 1 is 1.33 bits per heavy atom. The van der Waals surface area contributed by atoms with Crippen LogP contribution in [0.4, 0.5) is 5.69 Å². The Morgan fingerprint density at radius 2 is 2.00 bits per heavy atom. The molecule has 0 atom stereocenters. The Labute approximate surface area is 92.1 Å². The molecule has 15 heavy (non-hydrogen) atoms. The summed E-state index contributed by atoms with van der Waals surface area (Å²) in [5.74, 6) is 0.580. The normalized spacial score (nSPS) is 17.0. The molecule has 0 amide bonds. The van der Waals surface area contributed by atoms with Gasteiger partial charge in [0.2, 0.25) is 0 Å². The third-order valence-electron chi connectivity index (χ3n) is 3.12. The maximum atomic E-state index is 5.84. The highest BCUT2D eigenvalue weighted by Crippen LogP contribution is 2.33. The van der Waals surface area contributed by atoms with E-state index in [9.17, 15) is 0 Å². The molecule has 1 saturated heterocycles. The lowest BCUT2D eigenvalue weighted by atomic mass is 9.95. The molecule has 2 heteroatoms. The van der Waals surface area contributed by atoms with Crippen LogP contribution in [0.5, 0.6) is 0 Å². The highest BCUT2D eigenvalue weighted by Gasteiger charge is 2.26. The summed E-state index contributed by atoms with van der Waals surface area (Å²) in [6.07, 6.45) is 0. The fraction of sp³-hybridized carbons (Fsp3) is 0.538. The second-order valence-corrected chi connectivity index (χ2v) is 4.83. The van der Waals surface area contributed by atoms with Crippen molar-refractivity contribution in [2.75, 3.05) is 18.0 Å². The van der Waals surface area contributed by atoms with Crippen LogP contribution in [-0.4, -0.2) is 19.1 Å². The molecule has 0 spiro atoms. The van der Waals surface area contributed by atoms with Crippen molar-refractivity contribution >= 4 is 5.69 Å². The van der Waals surface area contributed by atoms with Crippen LogP contribution >= 0.6 is 0 Å². The fourth-order valence-electron chi connectivity index (χ4n) is 2.27. The molecule has 1 aliphatic rings. The van der Waals surface area contributed by atoms with E-state index in [1.165, 1.54) is 16.8 Å². The molecule has 1 aromatic carbocycles. The van der Waals surface area contributed by atoms with Gasteiger partial charge in [-0.2, -0.15) is 0 Å². The van der Waals surface area contributed by atoms with Crippen LogP contribution in [0.2, 0.25) is 0 Å². The molecule has 82 valence electrons. The molecule has 1 aliphatic heterocycles. The van der Waals surface area contributed by atoms with Crippen LogP contribution in [0.1, 0.15) is 30.9 Å². The van der Waals surface area contributed by atoms with Crippen LogP contribution in [0.3, 0.4) is 0 Å². The molecule has 2 rings (SSSR count). The number of nitrogens with zero attached hydrogens (tertiary/aromatic N) is 1. The molecule has 1 heterocycles. The van der Waals surface area contributed by atoms with Crippen LogP contribution in [0.15, 0.2) is 18.2 Å². The van der Waals surface area contributed by atoms with Crippen LogP contribution in [-0.2, 0) is 0 Å². The van der Waals surface area contributed by atoms with Gasteiger partial charge in [-0.3, -0.25) is 0 Å². The lowest BCUT2D eigenvalue weighted by Gasteiger charge is -2.41. The molecular weight excluding hydrogens is 184 g/mol. The number of hydrogen-bond donors (Lipinski definition) is 1. The second kappa shape index (κ2) is 3.86. The minimum atomic E-state index is 0.365. The molecule has 0 aliphatic carbocycles. The minimum absolute atomic E-state index is 0.365. The smallest absolute Gasteiger partial charge is 0.0432 e. The van der Waals surface area contributed by atoms with E-state index < -0.39 is 0 Å². The van der Waals surface area contributed by atoms with E-state index in [0.29, 0.717) is 12.0 Å². The Balaban J connectivity index is 2.35. The Kier molecular flexibility index (Phi) is 2.70. The summed E-state index contributed by atoms with van der Waals surface area (Å²) in [6, 6.07) is 6.93. The van der Waals surface area contributed by atoms with Gasteiger partial charge in [-0.15, -0.1) is 0 Å². The van der Waals surface area contributed by atoms with Gasteiger partial charge in [0, 0.05) is 24.8 Å². The quantitative estimate of drug-likeness (QED) is 0.800. The van der Waals surface area contributed by atoms with Gasteiger partial charge in [0.1, 0.15) is 0 Å². The molecule has 0 saturated carbocycles. The summed E-state index contributed by atoms with van der Waals surface area (Å²) < 4.78 is 0. The monoisotopic (exact) mass is 204 g/mol.